The summed E-state index contributed by atoms with van der Waals surface area (Å²) in [6.45, 7) is 3.69. The molecule has 0 unspecified atom stereocenters. The molecule has 0 aromatic carbocycles. The van der Waals surface area contributed by atoms with E-state index in [0.717, 1.165) is 4.88 Å². The maximum absolute atomic E-state index is 11.8. The van der Waals surface area contributed by atoms with Gasteiger partial charge in [-0.05, 0) is 13.8 Å². The molecule has 6 nitrogen and oxygen atoms in total. The van der Waals surface area contributed by atoms with E-state index in [2.05, 4.69) is 20.4 Å². The van der Waals surface area contributed by atoms with Gasteiger partial charge in [0.2, 0.25) is 0 Å². The molecule has 0 aliphatic heterocycles. The molecular weight excluding hydrogens is 226 g/mol. The molecule has 0 radical (unpaired) electrons. The van der Waals surface area contributed by atoms with Crippen LogP contribution in [-0.2, 0) is 4.79 Å². The average molecular weight is 237 g/mol. The molecule has 0 saturated carbocycles. The largest absolute Gasteiger partial charge is 0.300 e. The molecule has 84 valence electrons. The SMILES string of the molecule is Cc1cnc(NC(=O)[C@H](C)n2cncn2)s1. The molecule has 2 rings (SSSR count). The first kappa shape index (κ1) is 10.7. The Morgan fingerprint density at radius 3 is 3.00 bits per heavy atom. The fourth-order valence-electron chi connectivity index (χ4n) is 1.16. The van der Waals surface area contributed by atoms with Gasteiger partial charge in [-0.3, -0.25) is 4.79 Å². The van der Waals surface area contributed by atoms with E-state index < -0.39 is 6.04 Å². The minimum Gasteiger partial charge on any atom is -0.300 e. The normalized spacial score (nSPS) is 12.4. The van der Waals surface area contributed by atoms with Gasteiger partial charge in [0.1, 0.15) is 18.7 Å². The number of carbonyl (C=O) groups is 1. The summed E-state index contributed by atoms with van der Waals surface area (Å²) >= 11 is 1.44. The molecule has 2 aromatic rings. The van der Waals surface area contributed by atoms with E-state index in [4.69, 9.17) is 0 Å². The standard InChI is InChI=1S/C9H11N5OS/c1-6-3-11-9(16-6)13-8(15)7(2)14-5-10-4-12-14/h3-5,7H,1-2H3,(H,11,13,15)/t7-/m0/s1. The minimum atomic E-state index is -0.397. The number of aromatic nitrogens is 4. The van der Waals surface area contributed by atoms with Crippen molar-refractivity contribution < 1.29 is 4.79 Å². The number of amides is 1. The summed E-state index contributed by atoms with van der Waals surface area (Å²) in [7, 11) is 0. The predicted molar refractivity (Wildman–Crippen MR) is 60.2 cm³/mol. The molecule has 2 aromatic heterocycles. The highest BCUT2D eigenvalue weighted by Crippen LogP contribution is 2.17. The number of nitrogens with zero attached hydrogens (tertiary/aromatic N) is 4. The van der Waals surface area contributed by atoms with Crippen molar-refractivity contribution in [3.63, 3.8) is 0 Å². The Labute approximate surface area is 96.3 Å². The zero-order chi connectivity index (χ0) is 11.5. The fourth-order valence-corrected chi connectivity index (χ4v) is 1.83. The van der Waals surface area contributed by atoms with Crippen molar-refractivity contribution >= 4 is 22.4 Å². The van der Waals surface area contributed by atoms with E-state index in [-0.39, 0.29) is 5.91 Å². The van der Waals surface area contributed by atoms with Crippen molar-refractivity contribution in [2.75, 3.05) is 5.32 Å². The van der Waals surface area contributed by atoms with Crippen LogP contribution in [-0.4, -0.2) is 25.7 Å². The number of carbonyl (C=O) groups excluding carboxylic acids is 1. The molecular formula is C9H11N5OS. The van der Waals surface area contributed by atoms with Gasteiger partial charge in [-0.2, -0.15) is 5.10 Å². The molecule has 2 heterocycles. The van der Waals surface area contributed by atoms with Gasteiger partial charge >= 0.3 is 0 Å². The van der Waals surface area contributed by atoms with Crippen LogP contribution in [0, 0.1) is 6.92 Å². The van der Waals surface area contributed by atoms with E-state index in [1.807, 2.05) is 6.92 Å². The van der Waals surface area contributed by atoms with Crippen LogP contribution < -0.4 is 5.32 Å². The number of anilines is 1. The van der Waals surface area contributed by atoms with Crippen LogP contribution >= 0.6 is 11.3 Å². The summed E-state index contributed by atoms with van der Waals surface area (Å²) in [5, 5.41) is 7.25. The minimum absolute atomic E-state index is 0.153. The lowest BCUT2D eigenvalue weighted by molar-refractivity contribution is -0.119. The molecule has 1 amide bonds. The molecule has 0 spiro atoms. The van der Waals surface area contributed by atoms with Crippen molar-refractivity contribution in [1.82, 2.24) is 19.7 Å². The van der Waals surface area contributed by atoms with Crippen LogP contribution in [0.15, 0.2) is 18.9 Å². The van der Waals surface area contributed by atoms with Crippen molar-refractivity contribution in [2.45, 2.75) is 19.9 Å². The lowest BCUT2D eigenvalue weighted by atomic mass is 10.3. The van der Waals surface area contributed by atoms with Gasteiger partial charge in [0, 0.05) is 11.1 Å². The first-order valence-electron chi connectivity index (χ1n) is 4.74. The van der Waals surface area contributed by atoms with Gasteiger partial charge in [-0.25, -0.2) is 14.6 Å². The van der Waals surface area contributed by atoms with Crippen LogP contribution in [0.1, 0.15) is 17.8 Å². The zero-order valence-corrected chi connectivity index (χ0v) is 9.73. The Hall–Kier alpha value is -1.76. The van der Waals surface area contributed by atoms with Crippen LogP contribution in [0.25, 0.3) is 0 Å². The first-order chi connectivity index (χ1) is 7.66. The zero-order valence-electron chi connectivity index (χ0n) is 8.91. The lowest BCUT2D eigenvalue weighted by Gasteiger charge is -2.09. The number of thiazole rings is 1. The van der Waals surface area contributed by atoms with Crippen molar-refractivity contribution in [3.8, 4) is 0 Å². The highest BCUT2D eigenvalue weighted by Gasteiger charge is 2.16. The lowest BCUT2D eigenvalue weighted by Crippen LogP contribution is -2.23. The van der Waals surface area contributed by atoms with E-state index in [9.17, 15) is 4.79 Å². The van der Waals surface area contributed by atoms with E-state index in [0.29, 0.717) is 5.13 Å². The highest BCUT2D eigenvalue weighted by molar-refractivity contribution is 7.15. The summed E-state index contributed by atoms with van der Waals surface area (Å²) < 4.78 is 1.50. The summed E-state index contributed by atoms with van der Waals surface area (Å²) in [6, 6.07) is -0.397. The van der Waals surface area contributed by atoms with Crippen molar-refractivity contribution in [3.05, 3.63) is 23.7 Å². The number of aryl methyl sites for hydroxylation is 1. The molecule has 0 aliphatic carbocycles. The number of rotatable bonds is 3. The summed E-state index contributed by atoms with van der Waals surface area (Å²) in [5.41, 5.74) is 0. The van der Waals surface area contributed by atoms with Crippen molar-refractivity contribution in [1.29, 1.82) is 0 Å². The Morgan fingerprint density at radius 2 is 2.44 bits per heavy atom. The maximum Gasteiger partial charge on any atom is 0.250 e. The van der Waals surface area contributed by atoms with Gasteiger partial charge in [0.25, 0.3) is 5.91 Å². The van der Waals surface area contributed by atoms with Gasteiger partial charge in [0.15, 0.2) is 5.13 Å². The predicted octanol–water partition coefficient (Wildman–Crippen LogP) is 1.24. The Morgan fingerprint density at radius 1 is 1.62 bits per heavy atom. The second-order valence-corrected chi connectivity index (χ2v) is 4.55. The fraction of sp³-hybridized carbons (Fsp3) is 0.333. The third kappa shape index (κ3) is 2.25. The van der Waals surface area contributed by atoms with Crippen LogP contribution in [0.2, 0.25) is 0 Å². The molecule has 0 bridgehead atoms. The third-order valence-electron chi connectivity index (χ3n) is 2.06. The Kier molecular flexibility index (Phi) is 2.95. The van der Waals surface area contributed by atoms with Gasteiger partial charge < -0.3 is 5.32 Å². The highest BCUT2D eigenvalue weighted by atomic mass is 32.1. The second-order valence-electron chi connectivity index (χ2n) is 3.32. The van der Waals surface area contributed by atoms with Gasteiger partial charge in [-0.15, -0.1) is 11.3 Å². The molecule has 0 fully saturated rings. The molecule has 1 atom stereocenters. The second kappa shape index (κ2) is 4.40. The van der Waals surface area contributed by atoms with Gasteiger partial charge in [-0.1, -0.05) is 0 Å². The Balaban J connectivity index is 2.03. The van der Waals surface area contributed by atoms with E-state index in [1.165, 1.54) is 28.7 Å². The summed E-state index contributed by atoms with van der Waals surface area (Å²) in [4.78, 5) is 20.7. The smallest absolute Gasteiger partial charge is 0.250 e. The average Bonchev–Trinajstić information content (AvgIpc) is 2.88. The molecule has 7 heteroatoms. The molecule has 16 heavy (non-hydrogen) atoms. The first-order valence-corrected chi connectivity index (χ1v) is 5.56. The molecule has 0 aliphatic rings. The third-order valence-corrected chi connectivity index (χ3v) is 2.89. The Bertz CT molecular complexity index is 478. The van der Waals surface area contributed by atoms with Crippen LogP contribution in [0.3, 0.4) is 0 Å². The molecule has 0 saturated heterocycles. The van der Waals surface area contributed by atoms with Gasteiger partial charge in [0.05, 0.1) is 0 Å². The number of nitrogens with one attached hydrogen (secondary N) is 1. The van der Waals surface area contributed by atoms with Crippen molar-refractivity contribution in [2.24, 2.45) is 0 Å². The number of hydrogen-bond donors (Lipinski definition) is 1. The number of hydrogen-bond acceptors (Lipinski definition) is 5. The maximum atomic E-state index is 11.8. The topological polar surface area (TPSA) is 72.7 Å². The molecule has 1 N–H and O–H groups in total. The summed E-state index contributed by atoms with van der Waals surface area (Å²) in [5.74, 6) is -0.153. The van der Waals surface area contributed by atoms with E-state index >= 15 is 0 Å². The monoisotopic (exact) mass is 237 g/mol. The van der Waals surface area contributed by atoms with Crippen LogP contribution in [0.4, 0.5) is 5.13 Å². The quantitative estimate of drug-likeness (QED) is 0.871. The van der Waals surface area contributed by atoms with E-state index in [1.54, 1.807) is 13.1 Å². The van der Waals surface area contributed by atoms with Crippen LogP contribution in [0.5, 0.6) is 0 Å². The summed E-state index contributed by atoms with van der Waals surface area (Å²) in [6.07, 6.45) is 4.63.